The molecular formula is C10H13N3O. The van der Waals surface area contributed by atoms with Gasteiger partial charge in [-0.25, -0.2) is 0 Å². The largest absolute Gasteiger partial charge is 0.292 e. The van der Waals surface area contributed by atoms with E-state index in [-0.39, 0.29) is 17.2 Å². The van der Waals surface area contributed by atoms with Crippen molar-refractivity contribution in [3.8, 4) is 0 Å². The van der Waals surface area contributed by atoms with Crippen molar-refractivity contribution in [3.05, 3.63) is 22.6 Å². The Balaban J connectivity index is 2.04. The molecule has 0 aromatic rings. The summed E-state index contributed by atoms with van der Waals surface area (Å²) in [5.41, 5.74) is 8.43. The van der Waals surface area contributed by atoms with Crippen LogP contribution in [-0.2, 0) is 4.79 Å². The molecule has 0 aromatic heterocycles. The first kappa shape index (κ1) is 9.28. The Morgan fingerprint density at radius 3 is 3.07 bits per heavy atom. The van der Waals surface area contributed by atoms with Gasteiger partial charge in [0.25, 0.3) is 0 Å². The molecule has 4 nitrogen and oxygen atoms in total. The van der Waals surface area contributed by atoms with Gasteiger partial charge < -0.3 is 0 Å². The molecular weight excluding hydrogens is 178 g/mol. The van der Waals surface area contributed by atoms with Gasteiger partial charge in [0, 0.05) is 10.8 Å². The molecule has 2 aliphatic carbocycles. The van der Waals surface area contributed by atoms with Crippen LogP contribution in [0.15, 0.2) is 17.3 Å². The third kappa shape index (κ3) is 1.53. The molecule has 0 radical (unpaired) electrons. The molecule has 2 atom stereocenters. The van der Waals surface area contributed by atoms with Gasteiger partial charge in [0.1, 0.15) is 0 Å². The topological polar surface area (TPSA) is 65.8 Å². The number of azide groups is 1. The quantitative estimate of drug-likeness (QED) is 0.272. The summed E-state index contributed by atoms with van der Waals surface area (Å²) in [6.07, 6.45) is 9.55. The molecule has 0 N–H and O–H groups in total. The van der Waals surface area contributed by atoms with Gasteiger partial charge in [-0.3, -0.25) is 4.79 Å². The molecule has 2 unspecified atom stereocenters. The van der Waals surface area contributed by atoms with Crippen LogP contribution in [0, 0.1) is 11.3 Å². The summed E-state index contributed by atoms with van der Waals surface area (Å²) in [7, 11) is 0. The molecule has 14 heavy (non-hydrogen) atoms. The highest BCUT2D eigenvalue weighted by Crippen LogP contribution is 2.49. The Hall–Kier alpha value is -1.28. The summed E-state index contributed by atoms with van der Waals surface area (Å²) >= 11 is 0. The lowest BCUT2D eigenvalue weighted by atomic mass is 9.85. The van der Waals surface area contributed by atoms with Gasteiger partial charge in [-0.05, 0) is 48.2 Å². The fraction of sp³-hybridized carbons (Fsp3) is 0.700. The lowest BCUT2D eigenvalue weighted by molar-refractivity contribution is -0.121. The Bertz CT molecular complexity index is 330. The summed E-state index contributed by atoms with van der Waals surface area (Å²) in [5, 5.41) is 3.18. The predicted molar refractivity (Wildman–Crippen MR) is 52.3 cm³/mol. The first-order valence-electron chi connectivity index (χ1n) is 5.02. The molecule has 2 aliphatic rings. The Morgan fingerprint density at radius 1 is 1.57 bits per heavy atom. The highest BCUT2D eigenvalue weighted by Gasteiger charge is 2.40. The first-order valence-corrected chi connectivity index (χ1v) is 5.02. The Morgan fingerprint density at radius 2 is 2.43 bits per heavy atom. The van der Waals surface area contributed by atoms with Gasteiger partial charge in [-0.1, -0.05) is 12.2 Å². The zero-order valence-electron chi connectivity index (χ0n) is 8.02. The van der Waals surface area contributed by atoms with Crippen molar-refractivity contribution < 1.29 is 4.79 Å². The lowest BCUT2D eigenvalue weighted by Crippen LogP contribution is -2.13. The SMILES string of the molecule is [N-]=[N+]=NC(=O)C1CCC2(C=CCC2)C1. The molecule has 1 fully saturated rings. The molecule has 2 rings (SSSR count). The van der Waals surface area contributed by atoms with E-state index in [4.69, 9.17) is 5.53 Å². The third-order valence-corrected chi connectivity index (χ3v) is 3.42. The van der Waals surface area contributed by atoms with Crippen LogP contribution in [-0.4, -0.2) is 5.91 Å². The minimum atomic E-state index is -0.273. The van der Waals surface area contributed by atoms with Gasteiger partial charge in [-0.15, -0.1) is 0 Å². The number of nitrogens with zero attached hydrogens (tertiary/aromatic N) is 3. The van der Waals surface area contributed by atoms with E-state index in [1.165, 1.54) is 0 Å². The van der Waals surface area contributed by atoms with Crippen LogP contribution >= 0.6 is 0 Å². The van der Waals surface area contributed by atoms with E-state index in [2.05, 4.69) is 22.2 Å². The minimum absolute atomic E-state index is 0.0337. The van der Waals surface area contributed by atoms with E-state index < -0.39 is 0 Å². The van der Waals surface area contributed by atoms with Crippen LogP contribution in [0.3, 0.4) is 0 Å². The molecule has 1 spiro atoms. The van der Waals surface area contributed by atoms with Crippen LogP contribution in [0.4, 0.5) is 0 Å². The second-order valence-corrected chi connectivity index (χ2v) is 4.27. The summed E-state index contributed by atoms with van der Waals surface area (Å²) in [6.45, 7) is 0. The maximum absolute atomic E-state index is 11.3. The molecule has 0 heterocycles. The third-order valence-electron chi connectivity index (χ3n) is 3.42. The highest BCUT2D eigenvalue weighted by molar-refractivity contribution is 5.79. The number of amides is 1. The molecule has 0 aromatic carbocycles. The fourth-order valence-electron chi connectivity index (χ4n) is 2.66. The maximum Gasteiger partial charge on any atom is 0.222 e. The number of hydrogen-bond acceptors (Lipinski definition) is 1. The maximum atomic E-state index is 11.3. The van der Waals surface area contributed by atoms with Crippen LogP contribution in [0.2, 0.25) is 0 Å². The van der Waals surface area contributed by atoms with E-state index >= 15 is 0 Å². The summed E-state index contributed by atoms with van der Waals surface area (Å²) < 4.78 is 0. The average Bonchev–Trinajstić information content (AvgIpc) is 2.78. The van der Waals surface area contributed by atoms with E-state index in [0.717, 1.165) is 32.1 Å². The van der Waals surface area contributed by atoms with E-state index in [1.54, 1.807) is 0 Å². The van der Waals surface area contributed by atoms with Gasteiger partial charge >= 0.3 is 0 Å². The summed E-state index contributed by atoms with van der Waals surface area (Å²) in [6, 6.07) is 0. The van der Waals surface area contributed by atoms with Gasteiger partial charge in [0.2, 0.25) is 5.91 Å². The second kappa shape index (κ2) is 3.46. The van der Waals surface area contributed by atoms with Gasteiger partial charge in [0.05, 0.1) is 0 Å². The van der Waals surface area contributed by atoms with Crippen molar-refractivity contribution in [1.82, 2.24) is 0 Å². The average molecular weight is 191 g/mol. The Kier molecular flexibility index (Phi) is 2.30. The molecule has 0 saturated heterocycles. The lowest BCUT2D eigenvalue weighted by Gasteiger charge is -2.19. The minimum Gasteiger partial charge on any atom is -0.292 e. The van der Waals surface area contributed by atoms with Crippen molar-refractivity contribution in [2.75, 3.05) is 0 Å². The van der Waals surface area contributed by atoms with Crippen molar-refractivity contribution in [3.63, 3.8) is 0 Å². The Labute approximate surface area is 82.6 Å². The normalized spacial score (nSPS) is 34.7. The number of hydrogen-bond donors (Lipinski definition) is 0. The molecule has 1 saturated carbocycles. The fourth-order valence-corrected chi connectivity index (χ4v) is 2.66. The summed E-state index contributed by atoms with van der Waals surface area (Å²) in [4.78, 5) is 13.9. The van der Waals surface area contributed by atoms with Crippen molar-refractivity contribution in [2.24, 2.45) is 16.4 Å². The van der Waals surface area contributed by atoms with Crippen molar-refractivity contribution in [1.29, 1.82) is 0 Å². The zero-order chi connectivity index (χ0) is 10.0. The van der Waals surface area contributed by atoms with E-state index in [0.29, 0.717) is 0 Å². The van der Waals surface area contributed by atoms with Crippen LogP contribution in [0.25, 0.3) is 10.4 Å². The monoisotopic (exact) mass is 191 g/mol. The van der Waals surface area contributed by atoms with Crippen LogP contribution in [0.5, 0.6) is 0 Å². The van der Waals surface area contributed by atoms with E-state index in [1.807, 2.05) is 0 Å². The molecule has 1 amide bonds. The van der Waals surface area contributed by atoms with Crippen LogP contribution < -0.4 is 0 Å². The van der Waals surface area contributed by atoms with Crippen LogP contribution in [0.1, 0.15) is 32.1 Å². The van der Waals surface area contributed by atoms with Crippen molar-refractivity contribution >= 4 is 5.91 Å². The number of carbonyl (C=O) groups excluding carboxylic acids is 1. The van der Waals surface area contributed by atoms with Gasteiger partial charge in [0.15, 0.2) is 0 Å². The summed E-state index contributed by atoms with van der Waals surface area (Å²) in [5.74, 6) is -0.307. The zero-order valence-corrected chi connectivity index (χ0v) is 8.02. The molecule has 0 aliphatic heterocycles. The number of rotatable bonds is 1. The van der Waals surface area contributed by atoms with Gasteiger partial charge in [-0.2, -0.15) is 0 Å². The highest BCUT2D eigenvalue weighted by atomic mass is 16.1. The number of allylic oxidation sites excluding steroid dienone is 2. The number of carbonyl (C=O) groups is 1. The first-order chi connectivity index (χ1) is 6.76. The van der Waals surface area contributed by atoms with Crippen molar-refractivity contribution in [2.45, 2.75) is 32.1 Å². The molecule has 74 valence electrons. The molecule has 4 heteroatoms. The standard InChI is InChI=1S/C10H13N3O/c11-13-12-9(14)8-3-6-10(7-8)4-1-2-5-10/h1,4,8H,2-3,5-7H2. The molecule has 0 bridgehead atoms. The van der Waals surface area contributed by atoms with E-state index in [9.17, 15) is 4.79 Å². The second-order valence-electron chi connectivity index (χ2n) is 4.27. The predicted octanol–water partition coefficient (Wildman–Crippen LogP) is 2.96. The smallest absolute Gasteiger partial charge is 0.222 e.